The Morgan fingerprint density at radius 3 is 2.67 bits per heavy atom. The van der Waals surface area contributed by atoms with Crippen LogP contribution >= 0.6 is 0 Å². The summed E-state index contributed by atoms with van der Waals surface area (Å²) in [7, 11) is 0. The van der Waals surface area contributed by atoms with Crippen LogP contribution in [0.2, 0.25) is 0 Å². The van der Waals surface area contributed by atoms with Gasteiger partial charge in [-0.15, -0.1) is 0 Å². The molecule has 2 unspecified atom stereocenters. The first kappa shape index (κ1) is 13.1. The number of urea groups is 1. The van der Waals surface area contributed by atoms with Crippen molar-refractivity contribution < 1.29 is 19.4 Å². The average Bonchev–Trinajstić information content (AvgIpc) is 2.83. The van der Waals surface area contributed by atoms with Crippen molar-refractivity contribution in [1.29, 1.82) is 0 Å². The first-order chi connectivity index (χ1) is 8.42. The van der Waals surface area contributed by atoms with Crippen molar-refractivity contribution in [3.05, 3.63) is 0 Å². The molecule has 0 aromatic rings. The number of carboxylic acids is 1. The largest absolute Gasteiger partial charge is 0.481 e. The molecule has 2 N–H and O–H groups in total. The molecular formula is C12H20N2O4. The van der Waals surface area contributed by atoms with Gasteiger partial charge in [-0.25, -0.2) is 4.79 Å². The van der Waals surface area contributed by atoms with Gasteiger partial charge in [-0.1, -0.05) is 0 Å². The minimum Gasteiger partial charge on any atom is -0.481 e. The molecule has 102 valence electrons. The fourth-order valence-corrected chi connectivity index (χ4v) is 2.66. The fourth-order valence-electron chi connectivity index (χ4n) is 2.66. The number of nitrogens with one attached hydrogen (secondary N) is 1. The average molecular weight is 256 g/mol. The number of ether oxygens (including phenoxy) is 1. The zero-order valence-corrected chi connectivity index (χ0v) is 10.8. The van der Waals surface area contributed by atoms with E-state index in [1.165, 1.54) is 0 Å². The monoisotopic (exact) mass is 256 g/mol. The van der Waals surface area contributed by atoms with E-state index < -0.39 is 17.9 Å². The molecule has 2 aliphatic rings. The Bertz CT molecular complexity index is 356. The SMILES string of the molecule is CC1(C)CCCN1C(=O)NC1COCC1C(=O)O. The highest BCUT2D eigenvalue weighted by Crippen LogP contribution is 2.28. The predicted molar refractivity (Wildman–Crippen MR) is 64.3 cm³/mol. The summed E-state index contributed by atoms with van der Waals surface area (Å²) in [4.78, 5) is 24.9. The van der Waals surface area contributed by atoms with Gasteiger partial charge >= 0.3 is 12.0 Å². The Labute approximate surface area is 106 Å². The van der Waals surface area contributed by atoms with Gasteiger partial charge in [0, 0.05) is 12.1 Å². The lowest BCUT2D eigenvalue weighted by Crippen LogP contribution is -2.53. The maximum Gasteiger partial charge on any atom is 0.318 e. The molecule has 0 spiro atoms. The molecule has 0 aliphatic carbocycles. The molecule has 6 heteroatoms. The predicted octanol–water partition coefficient (Wildman–Crippen LogP) is 0.670. The highest BCUT2D eigenvalue weighted by molar-refractivity contribution is 5.78. The van der Waals surface area contributed by atoms with Crippen molar-refractivity contribution >= 4 is 12.0 Å². The van der Waals surface area contributed by atoms with Gasteiger partial charge in [0.1, 0.15) is 5.92 Å². The molecule has 6 nitrogen and oxygen atoms in total. The number of hydrogen-bond donors (Lipinski definition) is 2. The number of carbonyl (C=O) groups is 2. The van der Waals surface area contributed by atoms with Crippen LogP contribution in [0.5, 0.6) is 0 Å². The van der Waals surface area contributed by atoms with Crippen molar-refractivity contribution in [2.24, 2.45) is 5.92 Å². The number of aliphatic carboxylic acids is 1. The number of rotatable bonds is 2. The maximum atomic E-state index is 12.2. The Kier molecular flexibility index (Phi) is 3.47. The second kappa shape index (κ2) is 4.76. The number of carboxylic acid groups (broad SMARTS) is 1. The van der Waals surface area contributed by atoms with Crippen LogP contribution in [0.25, 0.3) is 0 Å². The third-order valence-electron chi connectivity index (χ3n) is 3.85. The lowest BCUT2D eigenvalue weighted by Gasteiger charge is -2.32. The van der Waals surface area contributed by atoms with E-state index in [1.807, 2.05) is 13.8 Å². The lowest BCUT2D eigenvalue weighted by atomic mass is 10.0. The van der Waals surface area contributed by atoms with Crippen molar-refractivity contribution in [1.82, 2.24) is 10.2 Å². The Morgan fingerprint density at radius 1 is 1.39 bits per heavy atom. The summed E-state index contributed by atoms with van der Waals surface area (Å²) in [6.07, 6.45) is 1.97. The topological polar surface area (TPSA) is 78.9 Å². The number of carbonyl (C=O) groups excluding carboxylic acids is 1. The molecule has 0 radical (unpaired) electrons. The van der Waals surface area contributed by atoms with E-state index in [-0.39, 0.29) is 24.8 Å². The van der Waals surface area contributed by atoms with E-state index in [1.54, 1.807) is 4.90 Å². The molecule has 0 aromatic heterocycles. The molecule has 2 fully saturated rings. The van der Waals surface area contributed by atoms with Crippen molar-refractivity contribution in [3.8, 4) is 0 Å². The Hall–Kier alpha value is -1.30. The van der Waals surface area contributed by atoms with Crippen molar-refractivity contribution in [3.63, 3.8) is 0 Å². The number of nitrogens with zero attached hydrogens (tertiary/aromatic N) is 1. The summed E-state index contributed by atoms with van der Waals surface area (Å²) < 4.78 is 5.13. The summed E-state index contributed by atoms with van der Waals surface area (Å²) in [5.41, 5.74) is -0.151. The van der Waals surface area contributed by atoms with Crippen LogP contribution in [-0.4, -0.2) is 53.3 Å². The molecule has 2 atom stereocenters. The van der Waals surface area contributed by atoms with Gasteiger partial charge in [-0.05, 0) is 26.7 Å². The molecule has 18 heavy (non-hydrogen) atoms. The van der Waals surface area contributed by atoms with E-state index in [4.69, 9.17) is 9.84 Å². The van der Waals surface area contributed by atoms with Gasteiger partial charge in [-0.2, -0.15) is 0 Å². The zero-order chi connectivity index (χ0) is 13.3. The van der Waals surface area contributed by atoms with E-state index >= 15 is 0 Å². The molecule has 2 amide bonds. The van der Waals surface area contributed by atoms with Crippen molar-refractivity contribution in [2.75, 3.05) is 19.8 Å². The van der Waals surface area contributed by atoms with Gasteiger partial charge in [0.05, 0.1) is 19.3 Å². The van der Waals surface area contributed by atoms with Crippen LogP contribution in [0, 0.1) is 5.92 Å². The lowest BCUT2D eigenvalue weighted by molar-refractivity contribution is -0.142. The fraction of sp³-hybridized carbons (Fsp3) is 0.833. The summed E-state index contributed by atoms with van der Waals surface area (Å²) in [5.74, 6) is -1.56. The molecule has 2 rings (SSSR count). The third kappa shape index (κ3) is 2.43. The minimum atomic E-state index is -0.918. The summed E-state index contributed by atoms with van der Waals surface area (Å²) in [5, 5.41) is 11.8. The molecule has 2 aliphatic heterocycles. The highest BCUT2D eigenvalue weighted by atomic mass is 16.5. The summed E-state index contributed by atoms with van der Waals surface area (Å²) in [6, 6.07) is -0.606. The molecule has 2 saturated heterocycles. The van der Waals surface area contributed by atoms with E-state index in [0.717, 1.165) is 19.4 Å². The van der Waals surface area contributed by atoms with Gasteiger partial charge < -0.3 is 20.1 Å². The normalized spacial score (nSPS) is 30.4. The smallest absolute Gasteiger partial charge is 0.318 e. The first-order valence-corrected chi connectivity index (χ1v) is 6.30. The van der Waals surface area contributed by atoms with Crippen molar-refractivity contribution in [2.45, 2.75) is 38.3 Å². The van der Waals surface area contributed by atoms with Gasteiger partial charge in [0.25, 0.3) is 0 Å². The number of amides is 2. The molecular weight excluding hydrogens is 236 g/mol. The van der Waals surface area contributed by atoms with Crippen LogP contribution < -0.4 is 5.32 Å². The number of hydrogen-bond acceptors (Lipinski definition) is 3. The molecule has 0 saturated carbocycles. The summed E-state index contributed by atoms with van der Waals surface area (Å²) in [6.45, 7) is 5.23. The highest BCUT2D eigenvalue weighted by Gasteiger charge is 2.39. The first-order valence-electron chi connectivity index (χ1n) is 6.30. The quantitative estimate of drug-likeness (QED) is 0.761. The van der Waals surface area contributed by atoms with Crippen LogP contribution in [0.4, 0.5) is 4.79 Å². The molecule has 0 bridgehead atoms. The number of likely N-dealkylation sites (tertiary alicyclic amines) is 1. The second-order valence-electron chi connectivity index (χ2n) is 5.61. The second-order valence-corrected chi connectivity index (χ2v) is 5.61. The molecule has 0 aromatic carbocycles. The van der Waals surface area contributed by atoms with Gasteiger partial charge in [-0.3, -0.25) is 4.79 Å². The van der Waals surface area contributed by atoms with Crippen LogP contribution in [0.15, 0.2) is 0 Å². The van der Waals surface area contributed by atoms with E-state index in [9.17, 15) is 9.59 Å². The van der Waals surface area contributed by atoms with E-state index in [0.29, 0.717) is 0 Å². The maximum absolute atomic E-state index is 12.2. The Morgan fingerprint density at radius 2 is 2.11 bits per heavy atom. The van der Waals surface area contributed by atoms with Crippen LogP contribution in [0.3, 0.4) is 0 Å². The van der Waals surface area contributed by atoms with E-state index in [2.05, 4.69) is 5.32 Å². The van der Waals surface area contributed by atoms with Crippen LogP contribution in [-0.2, 0) is 9.53 Å². The third-order valence-corrected chi connectivity index (χ3v) is 3.85. The minimum absolute atomic E-state index is 0.151. The Balaban J connectivity index is 1.97. The van der Waals surface area contributed by atoms with Gasteiger partial charge in [0.15, 0.2) is 0 Å². The van der Waals surface area contributed by atoms with Crippen LogP contribution in [0.1, 0.15) is 26.7 Å². The summed E-state index contributed by atoms with van der Waals surface area (Å²) >= 11 is 0. The molecule has 2 heterocycles. The van der Waals surface area contributed by atoms with Gasteiger partial charge in [0.2, 0.25) is 0 Å². The zero-order valence-electron chi connectivity index (χ0n) is 10.8. The standard InChI is InChI=1S/C12H20N2O4/c1-12(2)4-3-5-14(12)11(17)13-9-7-18-6-8(9)10(15)16/h8-9H,3-7H2,1-2H3,(H,13,17)(H,15,16).